The van der Waals surface area contributed by atoms with Crippen molar-refractivity contribution in [3.05, 3.63) is 89.5 Å². The van der Waals surface area contributed by atoms with Gasteiger partial charge in [-0.25, -0.2) is 4.39 Å². The molecule has 0 radical (unpaired) electrons. The Morgan fingerprint density at radius 2 is 1.76 bits per heavy atom. The third kappa shape index (κ3) is 5.89. The number of benzene rings is 2. The number of anilines is 2. The second-order valence-corrected chi connectivity index (χ2v) is 8.36. The highest BCUT2D eigenvalue weighted by molar-refractivity contribution is 6.39. The first-order valence-electron chi connectivity index (χ1n) is 11.0. The van der Waals surface area contributed by atoms with Crippen LogP contribution in [0.5, 0.6) is 0 Å². The van der Waals surface area contributed by atoms with Crippen LogP contribution in [-0.2, 0) is 9.59 Å². The van der Waals surface area contributed by atoms with E-state index in [2.05, 4.69) is 37.6 Å². The minimum atomic E-state index is -0.846. The van der Waals surface area contributed by atoms with Gasteiger partial charge < -0.3 is 15.5 Å². The lowest BCUT2D eigenvalue weighted by Crippen LogP contribution is -2.50. The van der Waals surface area contributed by atoms with Crippen molar-refractivity contribution in [1.29, 1.82) is 0 Å². The lowest BCUT2D eigenvalue weighted by molar-refractivity contribution is -0.136. The van der Waals surface area contributed by atoms with E-state index in [9.17, 15) is 14.0 Å². The molecule has 0 saturated carbocycles. The molecule has 34 heavy (non-hydrogen) atoms. The lowest BCUT2D eigenvalue weighted by atomic mass is 10.1. The highest BCUT2D eigenvalue weighted by Gasteiger charge is 2.27. The molecular weight excluding hydrogens is 457 g/mol. The highest BCUT2D eigenvalue weighted by atomic mass is 35.5. The van der Waals surface area contributed by atoms with Crippen LogP contribution >= 0.6 is 11.6 Å². The molecule has 1 aliphatic rings. The van der Waals surface area contributed by atoms with Crippen molar-refractivity contribution in [3.8, 4) is 0 Å². The van der Waals surface area contributed by atoms with Crippen LogP contribution in [0, 0.1) is 5.82 Å². The van der Waals surface area contributed by atoms with Gasteiger partial charge in [0.05, 0.1) is 11.1 Å². The van der Waals surface area contributed by atoms with Gasteiger partial charge in [0, 0.05) is 56.5 Å². The van der Waals surface area contributed by atoms with Gasteiger partial charge in [0.25, 0.3) is 0 Å². The fourth-order valence-electron chi connectivity index (χ4n) is 3.99. The maximum Gasteiger partial charge on any atom is 0.313 e. The van der Waals surface area contributed by atoms with E-state index in [0.717, 1.165) is 37.8 Å². The Bertz CT molecular complexity index is 1120. The van der Waals surface area contributed by atoms with Gasteiger partial charge in [0.2, 0.25) is 0 Å². The normalized spacial score (nSPS) is 14.9. The molecule has 0 aliphatic carbocycles. The molecule has 1 aromatic heterocycles. The quantitative estimate of drug-likeness (QED) is 0.527. The number of carbonyl (C=O) groups excluding carboxylic acids is 2. The molecule has 3 aromatic rings. The van der Waals surface area contributed by atoms with E-state index < -0.39 is 17.6 Å². The van der Waals surface area contributed by atoms with Crippen LogP contribution in [0.15, 0.2) is 73.1 Å². The largest absolute Gasteiger partial charge is 0.369 e. The Kier molecular flexibility index (Phi) is 7.72. The number of carbonyl (C=O) groups is 2. The third-order valence-corrected chi connectivity index (χ3v) is 6.07. The minimum absolute atomic E-state index is 0.135. The Balaban J connectivity index is 1.38. The number of aromatic nitrogens is 1. The van der Waals surface area contributed by atoms with E-state index in [1.165, 1.54) is 17.8 Å². The number of amides is 2. The molecule has 1 saturated heterocycles. The van der Waals surface area contributed by atoms with Gasteiger partial charge in [0.15, 0.2) is 0 Å². The summed E-state index contributed by atoms with van der Waals surface area (Å²) in [6.45, 7) is 3.53. The summed E-state index contributed by atoms with van der Waals surface area (Å²) in [4.78, 5) is 33.7. The number of rotatable bonds is 6. The van der Waals surface area contributed by atoms with Gasteiger partial charge in [-0.15, -0.1) is 0 Å². The van der Waals surface area contributed by atoms with Crippen molar-refractivity contribution in [2.24, 2.45) is 0 Å². The predicted octanol–water partition coefficient (Wildman–Crippen LogP) is 3.49. The molecule has 7 nitrogen and oxygen atoms in total. The van der Waals surface area contributed by atoms with Crippen LogP contribution in [0.1, 0.15) is 11.6 Å². The first-order chi connectivity index (χ1) is 16.5. The summed E-state index contributed by atoms with van der Waals surface area (Å²) in [5.74, 6) is -2.23. The summed E-state index contributed by atoms with van der Waals surface area (Å²) in [5.41, 5.74) is 2.39. The van der Waals surface area contributed by atoms with E-state index in [1.54, 1.807) is 12.4 Å². The Morgan fingerprint density at radius 3 is 2.44 bits per heavy atom. The zero-order valence-electron chi connectivity index (χ0n) is 18.5. The Hall–Kier alpha value is -3.49. The molecule has 4 rings (SSSR count). The van der Waals surface area contributed by atoms with Gasteiger partial charge in [0.1, 0.15) is 5.82 Å². The Morgan fingerprint density at radius 1 is 1.00 bits per heavy atom. The number of hydrogen-bond acceptors (Lipinski definition) is 5. The zero-order chi connectivity index (χ0) is 23.9. The Labute approximate surface area is 202 Å². The van der Waals surface area contributed by atoms with E-state index >= 15 is 0 Å². The van der Waals surface area contributed by atoms with Gasteiger partial charge >= 0.3 is 11.8 Å². The number of nitrogens with zero attached hydrogens (tertiary/aromatic N) is 3. The molecule has 9 heteroatoms. The molecule has 1 atom stereocenters. The predicted molar refractivity (Wildman–Crippen MR) is 130 cm³/mol. The van der Waals surface area contributed by atoms with Crippen molar-refractivity contribution >= 4 is 34.8 Å². The first-order valence-corrected chi connectivity index (χ1v) is 11.4. The van der Waals surface area contributed by atoms with Crippen LogP contribution in [0.2, 0.25) is 5.02 Å². The standard InChI is InChI=1S/C25H25ClFN5O2/c26-21-15-19(8-9-22(21)27)30-25(34)24(33)29-17-23(18-5-4-10-28-16-18)32-13-11-31(12-14-32)20-6-2-1-3-7-20/h1-10,15-16,23H,11-14,17H2,(H,29,33)(H,30,34)/t23-/m1/s1. The average Bonchev–Trinajstić information content (AvgIpc) is 2.88. The van der Waals surface area contributed by atoms with Crippen LogP contribution in [-0.4, -0.2) is 54.4 Å². The van der Waals surface area contributed by atoms with Gasteiger partial charge in [-0.05, 0) is 42.0 Å². The number of pyridine rings is 1. The monoisotopic (exact) mass is 481 g/mol. The zero-order valence-corrected chi connectivity index (χ0v) is 19.2. The first kappa shape index (κ1) is 23.7. The molecule has 2 heterocycles. The summed E-state index contributed by atoms with van der Waals surface area (Å²) >= 11 is 5.74. The van der Waals surface area contributed by atoms with Crippen LogP contribution in [0.3, 0.4) is 0 Å². The molecule has 1 aliphatic heterocycles. The van der Waals surface area contributed by atoms with E-state index in [4.69, 9.17) is 11.6 Å². The average molecular weight is 482 g/mol. The highest BCUT2D eigenvalue weighted by Crippen LogP contribution is 2.24. The van der Waals surface area contributed by atoms with Crippen LogP contribution in [0.25, 0.3) is 0 Å². The fourth-order valence-corrected chi connectivity index (χ4v) is 4.17. The van der Waals surface area contributed by atoms with Crippen molar-refractivity contribution in [3.63, 3.8) is 0 Å². The van der Waals surface area contributed by atoms with E-state index in [0.29, 0.717) is 0 Å². The van der Waals surface area contributed by atoms with Crippen LogP contribution < -0.4 is 15.5 Å². The SMILES string of the molecule is O=C(NC[C@H](c1cccnc1)N1CCN(c2ccccc2)CC1)C(=O)Nc1ccc(F)c(Cl)c1. The van der Waals surface area contributed by atoms with Gasteiger partial charge in [-0.3, -0.25) is 19.5 Å². The number of piperazine rings is 1. The van der Waals surface area contributed by atoms with Crippen LogP contribution in [0.4, 0.5) is 15.8 Å². The maximum atomic E-state index is 13.3. The van der Waals surface area contributed by atoms with Gasteiger partial charge in [-0.2, -0.15) is 0 Å². The number of hydrogen-bond donors (Lipinski definition) is 2. The summed E-state index contributed by atoms with van der Waals surface area (Å²) in [5, 5.41) is 5.03. The van der Waals surface area contributed by atoms with Crippen molar-refractivity contribution in [1.82, 2.24) is 15.2 Å². The fraction of sp³-hybridized carbons (Fsp3) is 0.240. The van der Waals surface area contributed by atoms with Crippen molar-refractivity contribution in [2.45, 2.75) is 6.04 Å². The number of nitrogens with one attached hydrogen (secondary N) is 2. The molecule has 0 unspecified atom stereocenters. The van der Waals surface area contributed by atoms with Crippen molar-refractivity contribution < 1.29 is 14.0 Å². The summed E-state index contributed by atoms with van der Waals surface area (Å²) in [6.07, 6.45) is 3.48. The minimum Gasteiger partial charge on any atom is -0.369 e. The van der Waals surface area contributed by atoms with Crippen molar-refractivity contribution in [2.75, 3.05) is 42.9 Å². The summed E-state index contributed by atoms with van der Waals surface area (Å²) < 4.78 is 13.3. The summed E-state index contributed by atoms with van der Waals surface area (Å²) in [6, 6.07) is 17.7. The van der Waals surface area contributed by atoms with E-state index in [-0.39, 0.29) is 23.3 Å². The molecule has 2 amide bonds. The lowest BCUT2D eigenvalue weighted by Gasteiger charge is -2.40. The second kappa shape index (κ2) is 11.1. The molecular formula is C25H25ClFN5O2. The molecule has 0 bridgehead atoms. The molecule has 1 fully saturated rings. The van der Waals surface area contributed by atoms with E-state index in [1.807, 2.05) is 30.3 Å². The molecule has 0 spiro atoms. The topological polar surface area (TPSA) is 77.6 Å². The smallest absolute Gasteiger partial charge is 0.313 e. The maximum absolute atomic E-state index is 13.3. The molecule has 176 valence electrons. The molecule has 2 aromatic carbocycles. The molecule has 2 N–H and O–H groups in total. The summed E-state index contributed by atoms with van der Waals surface area (Å²) in [7, 11) is 0. The third-order valence-electron chi connectivity index (χ3n) is 5.79. The van der Waals surface area contributed by atoms with Gasteiger partial charge in [-0.1, -0.05) is 35.9 Å². The number of halogens is 2. The second-order valence-electron chi connectivity index (χ2n) is 7.95. The number of para-hydroxylation sites is 1.